The molecular weight excluding hydrogens is 324 g/mol. The smallest absolute Gasteiger partial charge is 0.238 e. The van der Waals surface area contributed by atoms with Gasteiger partial charge in [-0.05, 0) is 48.4 Å². The molecule has 0 radical (unpaired) electrons. The summed E-state index contributed by atoms with van der Waals surface area (Å²) in [6.45, 7) is 4.92. The fourth-order valence-corrected chi connectivity index (χ4v) is 3.43. The first-order valence-corrected chi connectivity index (χ1v) is 9.56. The van der Waals surface area contributed by atoms with E-state index < -0.39 is 10.0 Å². The van der Waals surface area contributed by atoms with Crippen LogP contribution in [0.25, 0.3) is 0 Å². The summed E-state index contributed by atoms with van der Waals surface area (Å²) in [6.07, 6.45) is 4.70. The maximum absolute atomic E-state index is 11.3. The van der Waals surface area contributed by atoms with Crippen LogP contribution in [0.2, 0.25) is 0 Å². The van der Waals surface area contributed by atoms with Gasteiger partial charge in [0.25, 0.3) is 0 Å². The summed E-state index contributed by atoms with van der Waals surface area (Å²) in [6, 6.07) is 10.9. The lowest BCUT2D eigenvalue weighted by molar-refractivity contribution is 0.261. The molecule has 7 heteroatoms. The van der Waals surface area contributed by atoms with Gasteiger partial charge < -0.3 is 4.90 Å². The second-order valence-corrected chi connectivity index (χ2v) is 7.53. The van der Waals surface area contributed by atoms with Gasteiger partial charge in [0.2, 0.25) is 10.0 Å². The van der Waals surface area contributed by atoms with Gasteiger partial charge in [-0.3, -0.25) is 9.88 Å². The molecule has 3 rings (SSSR count). The zero-order valence-electron chi connectivity index (χ0n) is 13.5. The molecule has 2 heterocycles. The van der Waals surface area contributed by atoms with E-state index in [0.29, 0.717) is 0 Å². The van der Waals surface area contributed by atoms with Crippen molar-refractivity contribution in [2.24, 2.45) is 5.14 Å². The Labute approximate surface area is 143 Å². The number of sulfonamides is 1. The molecule has 0 aliphatic carbocycles. The predicted molar refractivity (Wildman–Crippen MR) is 94.4 cm³/mol. The molecule has 6 nitrogen and oxygen atoms in total. The molecule has 1 fully saturated rings. The summed E-state index contributed by atoms with van der Waals surface area (Å²) < 4.78 is 22.6. The Balaban J connectivity index is 1.51. The van der Waals surface area contributed by atoms with Gasteiger partial charge >= 0.3 is 0 Å². The van der Waals surface area contributed by atoms with E-state index in [1.807, 2.05) is 24.5 Å². The van der Waals surface area contributed by atoms with Crippen molar-refractivity contribution in [3.8, 4) is 0 Å². The first-order valence-electron chi connectivity index (χ1n) is 8.01. The second-order valence-electron chi connectivity index (χ2n) is 5.97. The zero-order valence-corrected chi connectivity index (χ0v) is 14.3. The van der Waals surface area contributed by atoms with Crippen LogP contribution in [-0.2, 0) is 16.4 Å². The standard InChI is InChI=1S/C17H22N4O2S/c18-24(22,23)17-3-1-16(2-4-17)21-13-11-20(12-14-21)10-7-15-5-8-19-9-6-15/h1-6,8-9H,7,10-14H2,(H2,18,22,23). The Morgan fingerprint density at radius 1 is 0.958 bits per heavy atom. The summed E-state index contributed by atoms with van der Waals surface area (Å²) in [5.41, 5.74) is 2.35. The third kappa shape index (κ3) is 4.31. The van der Waals surface area contributed by atoms with Gasteiger partial charge in [0.05, 0.1) is 4.90 Å². The molecule has 0 unspecified atom stereocenters. The molecule has 0 spiro atoms. The van der Waals surface area contributed by atoms with Gasteiger partial charge in [0.15, 0.2) is 0 Å². The zero-order chi connectivity index (χ0) is 17.0. The van der Waals surface area contributed by atoms with Crippen LogP contribution in [0.15, 0.2) is 53.7 Å². The Kier molecular flexibility index (Phi) is 5.13. The number of nitrogens with two attached hydrogens (primary N) is 1. The lowest BCUT2D eigenvalue weighted by Crippen LogP contribution is -2.47. The van der Waals surface area contributed by atoms with Crippen molar-refractivity contribution in [3.63, 3.8) is 0 Å². The van der Waals surface area contributed by atoms with Gasteiger partial charge in [0.1, 0.15) is 0 Å². The SMILES string of the molecule is NS(=O)(=O)c1ccc(N2CCN(CCc3ccncc3)CC2)cc1. The highest BCUT2D eigenvalue weighted by Gasteiger charge is 2.17. The van der Waals surface area contributed by atoms with Crippen LogP contribution in [0.1, 0.15) is 5.56 Å². The maximum Gasteiger partial charge on any atom is 0.238 e. The minimum absolute atomic E-state index is 0.155. The number of benzene rings is 1. The van der Waals surface area contributed by atoms with Crippen molar-refractivity contribution >= 4 is 15.7 Å². The Hall–Kier alpha value is -1.96. The van der Waals surface area contributed by atoms with E-state index in [2.05, 4.69) is 26.9 Å². The predicted octanol–water partition coefficient (Wildman–Crippen LogP) is 1.09. The van der Waals surface area contributed by atoms with E-state index in [1.54, 1.807) is 12.1 Å². The molecule has 0 atom stereocenters. The van der Waals surface area contributed by atoms with E-state index in [9.17, 15) is 8.42 Å². The number of rotatable bonds is 5. The number of aromatic nitrogens is 1. The lowest BCUT2D eigenvalue weighted by atomic mass is 10.2. The molecule has 1 aliphatic rings. The number of hydrogen-bond donors (Lipinski definition) is 1. The Morgan fingerprint density at radius 2 is 1.58 bits per heavy atom. The highest BCUT2D eigenvalue weighted by molar-refractivity contribution is 7.89. The second kappa shape index (κ2) is 7.29. The van der Waals surface area contributed by atoms with Gasteiger partial charge in [-0.2, -0.15) is 0 Å². The quantitative estimate of drug-likeness (QED) is 0.877. The van der Waals surface area contributed by atoms with Crippen molar-refractivity contribution in [2.45, 2.75) is 11.3 Å². The van der Waals surface area contributed by atoms with E-state index in [4.69, 9.17) is 5.14 Å². The maximum atomic E-state index is 11.3. The Bertz CT molecular complexity index is 755. The van der Waals surface area contributed by atoms with Gasteiger partial charge in [0, 0.05) is 50.8 Å². The molecule has 128 valence electrons. The Morgan fingerprint density at radius 3 is 2.17 bits per heavy atom. The fourth-order valence-electron chi connectivity index (χ4n) is 2.91. The number of anilines is 1. The molecular formula is C17H22N4O2S. The number of pyridine rings is 1. The highest BCUT2D eigenvalue weighted by Crippen LogP contribution is 2.19. The van der Waals surface area contributed by atoms with Crippen molar-refractivity contribution in [3.05, 3.63) is 54.4 Å². The van der Waals surface area contributed by atoms with Crippen LogP contribution in [0.5, 0.6) is 0 Å². The first kappa shape index (κ1) is 16.9. The summed E-state index contributed by atoms with van der Waals surface area (Å²) in [5, 5.41) is 5.13. The number of hydrogen-bond acceptors (Lipinski definition) is 5. The van der Waals surface area contributed by atoms with Crippen molar-refractivity contribution < 1.29 is 8.42 Å². The molecule has 24 heavy (non-hydrogen) atoms. The van der Waals surface area contributed by atoms with Crippen LogP contribution in [0.3, 0.4) is 0 Å². The third-order valence-electron chi connectivity index (χ3n) is 4.37. The molecule has 0 bridgehead atoms. The summed E-state index contributed by atoms with van der Waals surface area (Å²) in [5.74, 6) is 0. The average molecular weight is 346 g/mol. The van der Waals surface area contributed by atoms with Gasteiger partial charge in [-0.25, -0.2) is 13.6 Å². The fraction of sp³-hybridized carbons (Fsp3) is 0.353. The van der Waals surface area contributed by atoms with Gasteiger partial charge in [-0.1, -0.05) is 0 Å². The highest BCUT2D eigenvalue weighted by atomic mass is 32.2. The van der Waals surface area contributed by atoms with Crippen molar-refractivity contribution in [1.82, 2.24) is 9.88 Å². The minimum Gasteiger partial charge on any atom is -0.369 e. The van der Waals surface area contributed by atoms with Crippen LogP contribution >= 0.6 is 0 Å². The molecule has 2 N–H and O–H groups in total. The largest absolute Gasteiger partial charge is 0.369 e. The molecule has 0 saturated carbocycles. The lowest BCUT2D eigenvalue weighted by Gasteiger charge is -2.36. The molecule has 1 aromatic heterocycles. The van der Waals surface area contributed by atoms with Crippen LogP contribution in [-0.4, -0.2) is 51.0 Å². The third-order valence-corrected chi connectivity index (χ3v) is 5.30. The van der Waals surface area contributed by atoms with E-state index >= 15 is 0 Å². The normalized spacial score (nSPS) is 16.3. The average Bonchev–Trinajstić information content (AvgIpc) is 2.61. The topological polar surface area (TPSA) is 79.5 Å². The number of piperazine rings is 1. The van der Waals surface area contributed by atoms with Crippen molar-refractivity contribution in [2.75, 3.05) is 37.6 Å². The van der Waals surface area contributed by atoms with E-state index in [-0.39, 0.29) is 4.90 Å². The summed E-state index contributed by atoms with van der Waals surface area (Å²) in [7, 11) is -3.62. The van der Waals surface area contributed by atoms with Crippen LogP contribution in [0, 0.1) is 0 Å². The van der Waals surface area contributed by atoms with E-state index in [0.717, 1.165) is 44.8 Å². The molecule has 0 amide bonds. The summed E-state index contributed by atoms with van der Waals surface area (Å²) in [4.78, 5) is 8.92. The molecule has 1 aliphatic heterocycles. The van der Waals surface area contributed by atoms with Crippen molar-refractivity contribution in [1.29, 1.82) is 0 Å². The van der Waals surface area contributed by atoms with Crippen LogP contribution < -0.4 is 10.0 Å². The van der Waals surface area contributed by atoms with Gasteiger partial charge in [-0.15, -0.1) is 0 Å². The molecule has 1 aromatic carbocycles. The molecule has 1 saturated heterocycles. The summed E-state index contributed by atoms with van der Waals surface area (Å²) >= 11 is 0. The first-order chi connectivity index (χ1) is 11.5. The monoisotopic (exact) mass is 346 g/mol. The minimum atomic E-state index is -3.62. The number of primary sulfonamides is 1. The molecule has 2 aromatic rings. The van der Waals surface area contributed by atoms with Crippen LogP contribution in [0.4, 0.5) is 5.69 Å². The number of nitrogens with zero attached hydrogens (tertiary/aromatic N) is 3. The van der Waals surface area contributed by atoms with E-state index in [1.165, 1.54) is 5.56 Å².